The maximum atomic E-state index is 5.27. The zero-order chi connectivity index (χ0) is 40.3. The molecule has 8 aromatic carbocycles. The number of benzene rings is 8. The van der Waals surface area contributed by atoms with Crippen LogP contribution in [0.1, 0.15) is 0 Å². The Morgan fingerprint density at radius 2 is 0.984 bits per heavy atom. The second-order valence-electron chi connectivity index (χ2n) is 15.7. The second-order valence-corrected chi connectivity index (χ2v) is 15.7. The lowest BCUT2D eigenvalue weighted by Crippen LogP contribution is -2.30. The Balaban J connectivity index is 0.923. The van der Waals surface area contributed by atoms with Gasteiger partial charge in [-0.3, -0.25) is 0 Å². The Labute approximate surface area is 354 Å². The van der Waals surface area contributed by atoms with Crippen LogP contribution < -0.4 is 15.1 Å². The fourth-order valence-corrected chi connectivity index (χ4v) is 9.22. The van der Waals surface area contributed by atoms with Gasteiger partial charge < -0.3 is 19.7 Å². The second kappa shape index (κ2) is 14.3. The first-order valence-corrected chi connectivity index (χ1v) is 20.8. The van der Waals surface area contributed by atoms with E-state index in [1.54, 1.807) is 0 Å². The standard InChI is InChI=1S/C56H39N5/c1-3-13-38(14-4-1)40-26-30-44(31-27-40)60(46-34-35-52-50(37-46)47-17-9-10-20-51(47)61(52)43-15-5-2-6-16-43)45-32-28-41(29-33-45)39-22-24-42(25-23-39)54-48-18-7-8-19-49(48)55-56(58-54)59-36-12-11-21-53(59)57-55/h1-37,53,57H. The molecule has 1 unspecified atom stereocenters. The first-order valence-electron chi connectivity index (χ1n) is 20.8. The molecule has 12 rings (SSSR count). The smallest absolute Gasteiger partial charge is 0.159 e. The molecule has 61 heavy (non-hydrogen) atoms. The van der Waals surface area contributed by atoms with E-state index in [0.717, 1.165) is 62.0 Å². The predicted octanol–water partition coefficient (Wildman–Crippen LogP) is 14.4. The molecule has 2 aliphatic rings. The Morgan fingerprint density at radius 3 is 1.69 bits per heavy atom. The molecule has 0 aliphatic carbocycles. The molecule has 1 N–H and O–H groups in total. The minimum atomic E-state index is 0.0745. The summed E-state index contributed by atoms with van der Waals surface area (Å²) in [4.78, 5) is 9.85. The van der Waals surface area contributed by atoms with E-state index in [2.05, 4.69) is 244 Å². The lowest BCUT2D eigenvalue weighted by Gasteiger charge is -2.26. The zero-order valence-electron chi connectivity index (χ0n) is 33.2. The lowest BCUT2D eigenvalue weighted by atomic mass is 9.99. The number of anilines is 5. The van der Waals surface area contributed by atoms with E-state index in [1.165, 1.54) is 38.3 Å². The molecule has 0 saturated heterocycles. The largest absolute Gasteiger partial charge is 0.358 e. The van der Waals surface area contributed by atoms with Crippen LogP contribution in [0.3, 0.4) is 0 Å². The van der Waals surface area contributed by atoms with Gasteiger partial charge in [0.25, 0.3) is 0 Å². The molecular weight excluding hydrogens is 743 g/mol. The third-order valence-electron chi connectivity index (χ3n) is 12.2. The van der Waals surface area contributed by atoms with E-state index in [-0.39, 0.29) is 6.17 Å². The number of pyridine rings is 1. The molecule has 0 amide bonds. The van der Waals surface area contributed by atoms with Crippen molar-refractivity contribution >= 4 is 61.1 Å². The Kier molecular flexibility index (Phi) is 8.17. The highest BCUT2D eigenvalue weighted by atomic mass is 15.4. The van der Waals surface area contributed by atoms with Crippen LogP contribution in [0.2, 0.25) is 0 Å². The van der Waals surface area contributed by atoms with Gasteiger partial charge in [-0.2, -0.15) is 0 Å². The SMILES string of the molecule is C1=CC2Nc3c(nc(-c4ccc(-c5ccc(N(c6ccc(-c7ccccc7)cc6)c6ccc7c(c6)c6ccccc6n7-c6ccccc6)cc5)cc4)c4ccccc34)N2C=C1. The Bertz CT molecular complexity index is 3310. The van der Waals surface area contributed by atoms with Crippen LogP contribution in [0, 0.1) is 0 Å². The van der Waals surface area contributed by atoms with Gasteiger partial charge in [-0.25, -0.2) is 4.98 Å². The molecule has 4 heterocycles. The number of hydrogen-bond acceptors (Lipinski definition) is 4. The van der Waals surface area contributed by atoms with Crippen molar-refractivity contribution in [1.29, 1.82) is 0 Å². The summed E-state index contributed by atoms with van der Waals surface area (Å²) in [6, 6.07) is 72.1. The van der Waals surface area contributed by atoms with Crippen LogP contribution >= 0.6 is 0 Å². The molecule has 0 bridgehead atoms. The van der Waals surface area contributed by atoms with Crippen LogP contribution in [0.15, 0.2) is 225 Å². The minimum absolute atomic E-state index is 0.0745. The molecule has 0 radical (unpaired) electrons. The number of nitrogens with one attached hydrogen (secondary N) is 1. The molecule has 1 atom stereocenters. The molecular formula is C56H39N5. The molecule has 10 aromatic rings. The van der Waals surface area contributed by atoms with Gasteiger partial charge in [-0.05, 0) is 95.1 Å². The van der Waals surface area contributed by atoms with Crippen molar-refractivity contribution in [1.82, 2.24) is 9.55 Å². The van der Waals surface area contributed by atoms with Crippen LogP contribution in [-0.2, 0) is 0 Å². The average molecular weight is 782 g/mol. The van der Waals surface area contributed by atoms with E-state index in [1.807, 2.05) is 0 Å². The number of para-hydroxylation sites is 2. The number of fused-ring (bicyclic) bond motifs is 8. The lowest BCUT2D eigenvalue weighted by molar-refractivity contribution is 0.896. The first kappa shape index (κ1) is 34.9. The topological polar surface area (TPSA) is 36.3 Å². The molecule has 288 valence electrons. The van der Waals surface area contributed by atoms with Crippen molar-refractivity contribution in [2.24, 2.45) is 0 Å². The summed E-state index contributed by atoms with van der Waals surface area (Å²) in [6.45, 7) is 0. The van der Waals surface area contributed by atoms with Crippen molar-refractivity contribution in [3.05, 3.63) is 225 Å². The third-order valence-corrected chi connectivity index (χ3v) is 12.2. The molecule has 2 aliphatic heterocycles. The van der Waals surface area contributed by atoms with E-state index >= 15 is 0 Å². The fraction of sp³-hybridized carbons (Fsp3) is 0.0179. The van der Waals surface area contributed by atoms with Crippen molar-refractivity contribution in [3.8, 4) is 39.2 Å². The number of allylic oxidation sites excluding steroid dienone is 2. The van der Waals surface area contributed by atoms with Gasteiger partial charge in [0.15, 0.2) is 5.82 Å². The van der Waals surface area contributed by atoms with E-state index in [0.29, 0.717) is 0 Å². The summed E-state index contributed by atoms with van der Waals surface area (Å²) in [5.41, 5.74) is 14.7. The average Bonchev–Trinajstić information content (AvgIpc) is 3.88. The van der Waals surface area contributed by atoms with Gasteiger partial charge >= 0.3 is 0 Å². The predicted molar refractivity (Wildman–Crippen MR) is 255 cm³/mol. The highest BCUT2D eigenvalue weighted by Gasteiger charge is 2.31. The summed E-state index contributed by atoms with van der Waals surface area (Å²) in [5, 5.41) is 8.43. The van der Waals surface area contributed by atoms with Gasteiger partial charge in [0.2, 0.25) is 0 Å². The summed E-state index contributed by atoms with van der Waals surface area (Å²) in [5.74, 6) is 0.958. The van der Waals surface area contributed by atoms with E-state index in [4.69, 9.17) is 4.98 Å². The quantitative estimate of drug-likeness (QED) is 0.175. The first-order chi connectivity index (χ1) is 30.2. The molecule has 0 fully saturated rings. The molecule has 5 nitrogen and oxygen atoms in total. The highest BCUT2D eigenvalue weighted by molar-refractivity contribution is 6.11. The minimum Gasteiger partial charge on any atom is -0.358 e. The maximum absolute atomic E-state index is 5.27. The molecule has 5 heteroatoms. The van der Waals surface area contributed by atoms with Gasteiger partial charge in [-0.15, -0.1) is 0 Å². The molecule has 2 aromatic heterocycles. The number of rotatable bonds is 7. The maximum Gasteiger partial charge on any atom is 0.159 e. The van der Waals surface area contributed by atoms with Gasteiger partial charge in [0.1, 0.15) is 6.17 Å². The van der Waals surface area contributed by atoms with Crippen LogP contribution in [0.4, 0.5) is 28.6 Å². The van der Waals surface area contributed by atoms with Crippen molar-refractivity contribution in [2.75, 3.05) is 15.1 Å². The monoisotopic (exact) mass is 781 g/mol. The van der Waals surface area contributed by atoms with Crippen LogP contribution in [0.5, 0.6) is 0 Å². The molecule has 0 spiro atoms. The normalized spacial score (nSPS) is 14.0. The van der Waals surface area contributed by atoms with E-state index in [9.17, 15) is 0 Å². The summed E-state index contributed by atoms with van der Waals surface area (Å²) in [7, 11) is 0. The Hall–Kier alpha value is -8.15. The summed E-state index contributed by atoms with van der Waals surface area (Å²) >= 11 is 0. The van der Waals surface area contributed by atoms with Crippen molar-refractivity contribution < 1.29 is 0 Å². The van der Waals surface area contributed by atoms with Crippen molar-refractivity contribution in [3.63, 3.8) is 0 Å². The van der Waals surface area contributed by atoms with Crippen LogP contribution in [0.25, 0.3) is 71.8 Å². The summed E-state index contributed by atoms with van der Waals surface area (Å²) < 4.78 is 2.37. The number of hydrogen-bond donors (Lipinski definition) is 1. The van der Waals surface area contributed by atoms with Crippen LogP contribution in [-0.4, -0.2) is 15.7 Å². The highest BCUT2D eigenvalue weighted by Crippen LogP contribution is 2.44. The zero-order valence-corrected chi connectivity index (χ0v) is 33.2. The van der Waals surface area contributed by atoms with Crippen molar-refractivity contribution in [2.45, 2.75) is 6.17 Å². The van der Waals surface area contributed by atoms with E-state index < -0.39 is 0 Å². The third kappa shape index (κ3) is 5.89. The Morgan fingerprint density at radius 1 is 0.443 bits per heavy atom. The number of aromatic nitrogens is 2. The molecule has 0 saturated carbocycles. The van der Waals surface area contributed by atoms with Gasteiger partial charge in [0.05, 0.1) is 22.4 Å². The summed E-state index contributed by atoms with van der Waals surface area (Å²) in [6.07, 6.45) is 8.49. The van der Waals surface area contributed by atoms with Gasteiger partial charge in [-0.1, -0.05) is 146 Å². The fourth-order valence-electron chi connectivity index (χ4n) is 9.22. The van der Waals surface area contributed by atoms with Gasteiger partial charge in [0, 0.05) is 56.1 Å². The number of nitrogens with zero attached hydrogens (tertiary/aromatic N) is 4.